The quantitative estimate of drug-likeness (QED) is 0.637. The van der Waals surface area contributed by atoms with Gasteiger partial charge in [0.2, 0.25) is 0 Å². The summed E-state index contributed by atoms with van der Waals surface area (Å²) in [5.74, 6) is -2.33. The van der Waals surface area contributed by atoms with Crippen LogP contribution in [-0.2, 0) is 10.0 Å². The molecule has 2 aliphatic rings. The summed E-state index contributed by atoms with van der Waals surface area (Å²) in [6.45, 7) is 2.15. The number of aromatic nitrogens is 2. The molecule has 146 valence electrons. The third-order valence-corrected chi connectivity index (χ3v) is 7.57. The summed E-state index contributed by atoms with van der Waals surface area (Å²) >= 11 is 6.34. The van der Waals surface area contributed by atoms with E-state index in [0.717, 1.165) is 9.65 Å². The maximum Gasteiger partial charge on any atom is 0.283 e. The normalized spacial score (nSPS) is 19.8. The Hall–Kier alpha value is -2.19. The molecule has 2 aromatic carbocycles. The minimum atomic E-state index is -3.96. The lowest BCUT2D eigenvalue weighted by atomic mass is 9.95. The van der Waals surface area contributed by atoms with Crippen LogP contribution < -0.4 is 4.90 Å². The van der Waals surface area contributed by atoms with Crippen molar-refractivity contribution in [1.29, 1.82) is 0 Å². The lowest BCUT2D eigenvalue weighted by Gasteiger charge is -2.40. The van der Waals surface area contributed by atoms with E-state index in [0.29, 0.717) is 21.7 Å². The molecule has 1 aliphatic heterocycles. The van der Waals surface area contributed by atoms with Crippen LogP contribution in [0.5, 0.6) is 0 Å². The van der Waals surface area contributed by atoms with Gasteiger partial charge in [-0.05, 0) is 31.2 Å². The van der Waals surface area contributed by atoms with Crippen LogP contribution in [0.25, 0.3) is 10.9 Å². The molecule has 1 aromatic heterocycles. The number of nitrogens with zero attached hydrogens (tertiary/aromatic N) is 3. The molecule has 1 aliphatic carbocycles. The fourth-order valence-corrected chi connectivity index (χ4v) is 5.39. The maximum atomic E-state index is 13.6. The molecule has 1 saturated carbocycles. The van der Waals surface area contributed by atoms with Crippen LogP contribution in [0.1, 0.15) is 12.0 Å². The Morgan fingerprint density at radius 1 is 1.11 bits per heavy atom. The van der Waals surface area contributed by atoms with E-state index < -0.39 is 21.4 Å². The van der Waals surface area contributed by atoms with Gasteiger partial charge in [-0.25, -0.2) is 8.78 Å². The molecule has 5 nitrogen and oxygen atoms in total. The summed E-state index contributed by atoms with van der Waals surface area (Å²) in [5.41, 5.74) is 0.260. The van der Waals surface area contributed by atoms with Gasteiger partial charge >= 0.3 is 0 Å². The average molecular weight is 424 g/mol. The van der Waals surface area contributed by atoms with Crippen molar-refractivity contribution in [1.82, 2.24) is 9.19 Å². The highest BCUT2D eigenvalue weighted by molar-refractivity contribution is 7.90. The largest absolute Gasteiger partial charge is 0.353 e. The lowest BCUT2D eigenvalue weighted by Crippen LogP contribution is -2.51. The third-order valence-electron chi connectivity index (χ3n) is 5.65. The highest BCUT2D eigenvalue weighted by Gasteiger charge is 2.76. The van der Waals surface area contributed by atoms with E-state index in [1.807, 2.05) is 6.92 Å². The zero-order chi connectivity index (χ0) is 19.9. The molecule has 2 heterocycles. The smallest absolute Gasteiger partial charge is 0.283 e. The fraction of sp³-hybridized carbons (Fsp3) is 0.316. The van der Waals surface area contributed by atoms with E-state index in [-0.39, 0.29) is 24.4 Å². The Morgan fingerprint density at radius 2 is 1.75 bits per heavy atom. The first-order valence-electron chi connectivity index (χ1n) is 8.77. The van der Waals surface area contributed by atoms with Gasteiger partial charge in [0.25, 0.3) is 15.9 Å². The summed E-state index contributed by atoms with van der Waals surface area (Å²) in [7, 11) is -3.96. The van der Waals surface area contributed by atoms with Crippen molar-refractivity contribution in [3.05, 3.63) is 53.1 Å². The van der Waals surface area contributed by atoms with Gasteiger partial charge in [0.15, 0.2) is 5.82 Å². The number of benzene rings is 2. The van der Waals surface area contributed by atoms with E-state index in [1.165, 1.54) is 12.1 Å². The van der Waals surface area contributed by atoms with Gasteiger partial charge in [-0.3, -0.25) is 0 Å². The van der Waals surface area contributed by atoms with Crippen molar-refractivity contribution in [2.45, 2.75) is 24.2 Å². The van der Waals surface area contributed by atoms with E-state index >= 15 is 0 Å². The Bertz CT molecular complexity index is 1220. The molecule has 0 radical (unpaired) electrons. The summed E-state index contributed by atoms with van der Waals surface area (Å²) < 4.78 is 54.5. The van der Waals surface area contributed by atoms with Gasteiger partial charge in [0.05, 0.1) is 26.2 Å². The van der Waals surface area contributed by atoms with E-state index in [2.05, 4.69) is 5.10 Å². The zero-order valence-corrected chi connectivity index (χ0v) is 16.4. The Kier molecular flexibility index (Phi) is 3.48. The molecule has 9 heteroatoms. The van der Waals surface area contributed by atoms with Crippen LogP contribution in [0.4, 0.5) is 14.6 Å². The van der Waals surface area contributed by atoms with Crippen molar-refractivity contribution >= 4 is 38.3 Å². The van der Waals surface area contributed by atoms with Gasteiger partial charge in [0, 0.05) is 19.5 Å². The van der Waals surface area contributed by atoms with Crippen LogP contribution in [-0.4, -0.2) is 36.6 Å². The second-order valence-electron chi connectivity index (χ2n) is 7.64. The van der Waals surface area contributed by atoms with Crippen molar-refractivity contribution in [3.63, 3.8) is 0 Å². The molecule has 5 rings (SSSR count). The highest BCUT2D eigenvalue weighted by Crippen LogP contribution is 2.65. The second kappa shape index (κ2) is 5.45. The fourth-order valence-electron chi connectivity index (χ4n) is 3.86. The molecular weight excluding hydrogens is 408 g/mol. The standard InChI is InChI=1S/C19H16ClF2N3O2S/c1-12-5-7-13(8-6-12)28(26,27)25-15-4-2-3-14(20)16(15)17(23-25)24-10-18(11-24)9-19(18,21)22/h2-8H,9-11H2,1H3. The molecule has 0 bridgehead atoms. The first-order valence-corrected chi connectivity index (χ1v) is 10.6. The molecule has 3 aromatic rings. The number of aryl methyl sites for hydroxylation is 1. The SMILES string of the molecule is Cc1ccc(S(=O)(=O)n2nc(N3CC4(C3)CC4(F)F)c3c(Cl)cccc32)cc1. The van der Waals surface area contributed by atoms with Crippen molar-refractivity contribution in [3.8, 4) is 0 Å². The van der Waals surface area contributed by atoms with Crippen molar-refractivity contribution in [2.75, 3.05) is 18.0 Å². The Morgan fingerprint density at radius 3 is 2.36 bits per heavy atom. The van der Waals surface area contributed by atoms with Crippen LogP contribution in [0.15, 0.2) is 47.4 Å². The highest BCUT2D eigenvalue weighted by atomic mass is 35.5. The topological polar surface area (TPSA) is 55.2 Å². The van der Waals surface area contributed by atoms with E-state index in [4.69, 9.17) is 11.6 Å². The molecule has 0 unspecified atom stereocenters. The number of anilines is 1. The molecule has 2 fully saturated rings. The van der Waals surface area contributed by atoms with Crippen molar-refractivity contribution in [2.24, 2.45) is 5.41 Å². The summed E-state index contributed by atoms with van der Waals surface area (Å²) in [5, 5.41) is 5.10. The summed E-state index contributed by atoms with van der Waals surface area (Å²) in [6.07, 6.45) is -0.134. The molecule has 28 heavy (non-hydrogen) atoms. The first-order chi connectivity index (χ1) is 13.1. The van der Waals surface area contributed by atoms with Crippen LogP contribution in [0.3, 0.4) is 0 Å². The van der Waals surface area contributed by atoms with Crippen LogP contribution >= 0.6 is 11.6 Å². The number of alkyl halides is 2. The Labute approximate surface area is 165 Å². The molecule has 1 saturated heterocycles. The van der Waals surface area contributed by atoms with Crippen molar-refractivity contribution < 1.29 is 17.2 Å². The average Bonchev–Trinajstić information content (AvgIpc) is 2.98. The molecule has 0 amide bonds. The molecule has 1 spiro atoms. The van der Waals surface area contributed by atoms with Crippen LogP contribution in [0.2, 0.25) is 5.02 Å². The monoisotopic (exact) mass is 423 g/mol. The number of rotatable bonds is 3. The number of fused-ring (bicyclic) bond motifs is 1. The summed E-state index contributed by atoms with van der Waals surface area (Å²) in [4.78, 5) is 1.78. The van der Waals surface area contributed by atoms with E-state index in [9.17, 15) is 17.2 Å². The maximum absolute atomic E-state index is 13.6. The minimum absolute atomic E-state index is 0.0998. The second-order valence-corrected chi connectivity index (χ2v) is 9.81. The number of halogens is 3. The minimum Gasteiger partial charge on any atom is -0.353 e. The first kappa shape index (κ1) is 17.9. The predicted octanol–water partition coefficient (Wildman–Crippen LogP) is 4.08. The number of hydrogen-bond acceptors (Lipinski definition) is 4. The lowest BCUT2D eigenvalue weighted by molar-refractivity contribution is 0.0518. The predicted molar refractivity (Wildman–Crippen MR) is 103 cm³/mol. The van der Waals surface area contributed by atoms with Gasteiger partial charge in [-0.1, -0.05) is 35.4 Å². The molecule has 0 N–H and O–H groups in total. The number of hydrogen-bond donors (Lipinski definition) is 0. The van der Waals surface area contributed by atoms with Gasteiger partial charge in [0.1, 0.15) is 0 Å². The van der Waals surface area contributed by atoms with Gasteiger partial charge in [-0.2, -0.15) is 12.5 Å². The summed E-state index contributed by atoms with van der Waals surface area (Å²) in [6, 6.07) is 11.4. The van der Waals surface area contributed by atoms with Gasteiger partial charge in [-0.15, -0.1) is 5.10 Å². The van der Waals surface area contributed by atoms with Crippen LogP contribution in [0, 0.1) is 12.3 Å². The molecular formula is C19H16ClF2N3O2S. The van der Waals surface area contributed by atoms with E-state index in [1.54, 1.807) is 35.2 Å². The Balaban J connectivity index is 1.63. The third kappa shape index (κ3) is 2.34. The molecule has 0 atom stereocenters. The zero-order valence-electron chi connectivity index (χ0n) is 14.9. The van der Waals surface area contributed by atoms with Gasteiger partial charge < -0.3 is 4.90 Å².